The number of alkyl halides is 1. The zero-order valence-electron chi connectivity index (χ0n) is 23.4. The normalized spacial score (nSPS) is 26.0. The molecule has 3 rings (SSSR count). The van der Waals surface area contributed by atoms with Crippen molar-refractivity contribution in [3.63, 3.8) is 0 Å². The number of amides is 2. The van der Waals surface area contributed by atoms with Gasteiger partial charge in [0.05, 0.1) is 11.4 Å². The Labute approximate surface area is 223 Å². The largest absolute Gasteiger partial charge is 0.490 e. The first-order valence-corrected chi connectivity index (χ1v) is 13.9. The number of nitrogens with two attached hydrogens (primary N) is 1. The topological polar surface area (TPSA) is 138 Å². The quantitative estimate of drug-likeness (QED) is 0.490. The minimum Gasteiger partial charge on any atom is -0.490 e. The summed E-state index contributed by atoms with van der Waals surface area (Å²) in [4.78, 5) is 32.0. The second-order valence-electron chi connectivity index (χ2n) is 12.3. The monoisotopic (exact) mass is 555 g/mol. The van der Waals surface area contributed by atoms with E-state index in [2.05, 4.69) is 4.99 Å². The van der Waals surface area contributed by atoms with Crippen LogP contribution in [0.25, 0.3) is 0 Å². The van der Waals surface area contributed by atoms with E-state index >= 15 is 4.39 Å². The van der Waals surface area contributed by atoms with Gasteiger partial charge in [0.25, 0.3) is 0 Å². The van der Waals surface area contributed by atoms with Crippen LogP contribution in [0.4, 0.5) is 19.7 Å². The maximum absolute atomic E-state index is 15.4. The molecule has 0 saturated heterocycles. The summed E-state index contributed by atoms with van der Waals surface area (Å²) in [5.41, 5.74) is 2.21. The molecule has 0 aliphatic carbocycles. The van der Waals surface area contributed by atoms with E-state index in [0.29, 0.717) is 4.90 Å². The number of carbonyl (C=O) groups excluding carboxylic acids is 2. The Kier molecular flexibility index (Phi) is 7.33. The third-order valence-electron chi connectivity index (χ3n) is 6.37. The van der Waals surface area contributed by atoms with Crippen molar-refractivity contribution in [2.75, 3.05) is 12.4 Å². The Morgan fingerprint density at radius 3 is 2.13 bits per heavy atom. The molecule has 38 heavy (non-hydrogen) atoms. The molecule has 2 heterocycles. The number of rotatable bonds is 1. The zero-order valence-corrected chi connectivity index (χ0v) is 24.2. The molecule has 0 radical (unpaired) electrons. The summed E-state index contributed by atoms with van der Waals surface area (Å²) in [6.45, 7) is 12.6. The first-order valence-electron chi connectivity index (χ1n) is 12.4. The summed E-state index contributed by atoms with van der Waals surface area (Å²) in [6.07, 6.45) is -3.09. The van der Waals surface area contributed by atoms with Crippen molar-refractivity contribution in [2.45, 2.75) is 102 Å². The average Bonchev–Trinajstić information content (AvgIpc) is 2.84. The van der Waals surface area contributed by atoms with Crippen LogP contribution in [0.15, 0.2) is 23.2 Å². The highest BCUT2D eigenvalue weighted by Crippen LogP contribution is 2.51. The number of sulfone groups is 1. The van der Waals surface area contributed by atoms with Gasteiger partial charge in [-0.25, -0.2) is 22.4 Å². The Morgan fingerprint density at radius 2 is 1.66 bits per heavy atom. The molecule has 0 spiro atoms. The van der Waals surface area contributed by atoms with Crippen LogP contribution in [0, 0.1) is 0 Å². The molecule has 0 unspecified atom stereocenters. The smallest absolute Gasteiger partial charge is 0.425 e. The van der Waals surface area contributed by atoms with Crippen molar-refractivity contribution >= 4 is 33.5 Å². The van der Waals surface area contributed by atoms with E-state index in [4.69, 9.17) is 19.9 Å². The fourth-order valence-electron chi connectivity index (χ4n) is 4.62. The van der Waals surface area contributed by atoms with Gasteiger partial charge in [-0.1, -0.05) is 0 Å². The minimum absolute atomic E-state index is 0.0834. The van der Waals surface area contributed by atoms with Gasteiger partial charge in [-0.05, 0) is 80.5 Å². The summed E-state index contributed by atoms with van der Waals surface area (Å²) >= 11 is 0. The number of hydrogen-bond donors (Lipinski definition) is 1. The van der Waals surface area contributed by atoms with Crippen molar-refractivity contribution in [3.05, 3.63) is 23.8 Å². The van der Waals surface area contributed by atoms with E-state index in [1.54, 1.807) is 54.5 Å². The van der Waals surface area contributed by atoms with Crippen molar-refractivity contribution in [1.29, 1.82) is 0 Å². The van der Waals surface area contributed by atoms with E-state index < -0.39 is 67.4 Å². The van der Waals surface area contributed by atoms with Gasteiger partial charge in [0.15, 0.2) is 9.84 Å². The summed E-state index contributed by atoms with van der Waals surface area (Å²) in [5, 5.41) is -1.38. The standard InChI is InChI=1S/C26H38FN3O7S/c1-15-12-19-26(14-27,17-13-16(28)10-11-18(17)35-15)29-20(25(8,9)38(19,33)34)30(21(31)36-23(2,3)4)22(32)37-24(5,6)7/h10-11,13,15,19H,12,14,28H2,1-9H3/t15-,19+,26+/m0/s1. The molecule has 212 valence electrons. The van der Waals surface area contributed by atoms with E-state index in [-0.39, 0.29) is 23.4 Å². The van der Waals surface area contributed by atoms with Gasteiger partial charge >= 0.3 is 12.2 Å². The Balaban J connectivity index is 2.42. The molecule has 2 N–H and O–H groups in total. The van der Waals surface area contributed by atoms with Gasteiger partial charge in [-0.15, -0.1) is 0 Å². The SMILES string of the molecule is C[C@H]1C[C@@H]2[C@](CF)(N=C(N(C(=O)OC(C)(C)C)C(=O)OC(C)(C)C)C(C)(C)S2(=O)=O)c2cc(N)ccc2O1. The molecule has 2 aliphatic rings. The van der Waals surface area contributed by atoms with Gasteiger partial charge in [0.1, 0.15) is 39.7 Å². The highest BCUT2D eigenvalue weighted by molar-refractivity contribution is 7.94. The lowest BCUT2D eigenvalue weighted by atomic mass is 9.85. The number of hydrogen-bond acceptors (Lipinski definition) is 9. The maximum atomic E-state index is 15.4. The number of nitrogen functional groups attached to an aromatic ring is 1. The molecule has 2 amide bonds. The van der Waals surface area contributed by atoms with Crippen LogP contribution in [0.2, 0.25) is 0 Å². The van der Waals surface area contributed by atoms with Crippen molar-refractivity contribution in [2.24, 2.45) is 4.99 Å². The third-order valence-corrected chi connectivity index (χ3v) is 9.31. The molecule has 0 saturated carbocycles. The molecular formula is C26H38FN3O7S. The molecule has 0 bridgehead atoms. The number of ether oxygens (including phenoxy) is 3. The van der Waals surface area contributed by atoms with E-state index in [1.165, 1.54) is 26.0 Å². The minimum atomic E-state index is -4.34. The van der Waals surface area contributed by atoms with Crippen LogP contribution >= 0.6 is 0 Å². The number of imide groups is 1. The number of benzene rings is 1. The number of fused-ring (bicyclic) bond motifs is 3. The Hall–Kier alpha value is -2.89. The van der Waals surface area contributed by atoms with Crippen molar-refractivity contribution in [1.82, 2.24) is 4.90 Å². The summed E-state index contributed by atoms with van der Waals surface area (Å²) in [5.74, 6) is -0.302. The summed E-state index contributed by atoms with van der Waals surface area (Å²) in [6, 6.07) is 4.50. The average molecular weight is 556 g/mol. The number of aliphatic imine (C=N–C) groups is 1. The molecule has 1 aromatic carbocycles. The van der Waals surface area contributed by atoms with Gasteiger partial charge in [-0.2, -0.15) is 4.90 Å². The second kappa shape index (κ2) is 9.39. The molecule has 0 fully saturated rings. The fourth-order valence-corrected chi connectivity index (χ4v) is 7.00. The molecule has 12 heteroatoms. The van der Waals surface area contributed by atoms with Crippen LogP contribution in [-0.4, -0.2) is 65.3 Å². The van der Waals surface area contributed by atoms with Gasteiger partial charge in [0.2, 0.25) is 0 Å². The van der Waals surface area contributed by atoms with Gasteiger partial charge in [-0.3, -0.25) is 4.99 Å². The number of halogens is 1. The summed E-state index contributed by atoms with van der Waals surface area (Å²) < 4.78 is 58.9. The Bertz CT molecular complexity index is 1240. The molecule has 0 aromatic heterocycles. The highest BCUT2D eigenvalue weighted by atomic mass is 32.2. The van der Waals surface area contributed by atoms with Crippen LogP contribution < -0.4 is 10.5 Å². The second-order valence-corrected chi connectivity index (χ2v) is 14.9. The number of amidine groups is 1. The predicted octanol–water partition coefficient (Wildman–Crippen LogP) is 4.75. The number of carbonyl (C=O) groups is 2. The van der Waals surface area contributed by atoms with E-state index in [0.717, 1.165) is 0 Å². The van der Waals surface area contributed by atoms with Gasteiger partial charge < -0.3 is 19.9 Å². The van der Waals surface area contributed by atoms with Crippen LogP contribution in [0.3, 0.4) is 0 Å². The lowest BCUT2D eigenvalue weighted by Gasteiger charge is -2.46. The zero-order chi connectivity index (χ0) is 29.1. The molecule has 1 aromatic rings. The number of nitrogens with zero attached hydrogens (tertiary/aromatic N) is 2. The van der Waals surface area contributed by atoms with Crippen LogP contribution in [0.5, 0.6) is 5.75 Å². The Morgan fingerprint density at radius 1 is 1.13 bits per heavy atom. The predicted molar refractivity (Wildman–Crippen MR) is 142 cm³/mol. The third kappa shape index (κ3) is 5.19. The molecular weight excluding hydrogens is 517 g/mol. The van der Waals surface area contributed by atoms with Crippen LogP contribution in [0.1, 0.15) is 74.3 Å². The first kappa shape index (κ1) is 29.7. The first-order chi connectivity index (χ1) is 17.2. The van der Waals surface area contributed by atoms with Crippen LogP contribution in [-0.2, 0) is 24.8 Å². The number of anilines is 1. The molecule has 10 nitrogen and oxygen atoms in total. The lowest BCUT2D eigenvalue weighted by Crippen LogP contribution is -2.65. The van der Waals surface area contributed by atoms with E-state index in [1.807, 2.05) is 0 Å². The van der Waals surface area contributed by atoms with E-state index in [9.17, 15) is 18.0 Å². The summed E-state index contributed by atoms with van der Waals surface area (Å²) in [7, 11) is -4.34. The fraction of sp³-hybridized carbons (Fsp3) is 0.654. The maximum Gasteiger partial charge on any atom is 0.425 e. The highest BCUT2D eigenvalue weighted by Gasteiger charge is 2.63. The van der Waals surface area contributed by atoms with Crippen molar-refractivity contribution < 1.29 is 36.6 Å². The van der Waals surface area contributed by atoms with Gasteiger partial charge in [0, 0.05) is 17.7 Å². The molecule has 3 atom stereocenters. The molecule has 2 aliphatic heterocycles. The lowest BCUT2D eigenvalue weighted by molar-refractivity contribution is 0.0137. The van der Waals surface area contributed by atoms with Crippen molar-refractivity contribution in [3.8, 4) is 5.75 Å².